The van der Waals surface area contributed by atoms with Gasteiger partial charge in [0.2, 0.25) is 0 Å². The van der Waals surface area contributed by atoms with Gasteiger partial charge in [0.15, 0.2) is 0 Å². The first-order valence-corrected chi connectivity index (χ1v) is 12.7. The minimum absolute atomic E-state index is 0.0812. The maximum absolute atomic E-state index is 13.0. The number of fused-ring (bicyclic) bond motifs is 1. The van der Waals surface area contributed by atoms with E-state index in [1.165, 1.54) is 16.7 Å². The minimum atomic E-state index is -4.04. The number of carbonyl (C=O) groups excluding carboxylic acids is 1. The molecule has 0 aliphatic rings. The molecule has 0 saturated heterocycles. The summed E-state index contributed by atoms with van der Waals surface area (Å²) in [6.45, 7) is 0. The fourth-order valence-corrected chi connectivity index (χ4v) is 5.81. The molecule has 4 rings (SSSR count). The number of rotatable bonds is 7. The van der Waals surface area contributed by atoms with E-state index < -0.39 is 16.1 Å². The molecule has 0 aliphatic heterocycles. The summed E-state index contributed by atoms with van der Waals surface area (Å²) in [5.74, 6) is 4.85. The number of hydrogen-bond donors (Lipinski definition) is 3. The Morgan fingerprint density at radius 1 is 1.09 bits per heavy atom. The summed E-state index contributed by atoms with van der Waals surface area (Å²) in [5, 5.41) is 3.63. The van der Waals surface area contributed by atoms with E-state index in [1.807, 2.05) is 4.72 Å². The fourth-order valence-electron chi connectivity index (χ4n) is 3.01. The molecule has 10 nitrogen and oxygen atoms in total. The zero-order valence-corrected chi connectivity index (χ0v) is 20.1. The Kier molecular flexibility index (Phi) is 7.23. The number of thiophene rings is 1. The van der Waals surface area contributed by atoms with Crippen molar-refractivity contribution in [2.45, 2.75) is 9.10 Å². The number of halogens is 1. The van der Waals surface area contributed by atoms with Crippen molar-refractivity contribution < 1.29 is 22.5 Å². The van der Waals surface area contributed by atoms with Crippen molar-refractivity contribution in [1.29, 1.82) is 0 Å². The van der Waals surface area contributed by atoms with Crippen LogP contribution in [0.25, 0.3) is 16.5 Å². The Balaban J connectivity index is 1.51. The largest absolute Gasteiger partial charge is 0.333 e. The summed E-state index contributed by atoms with van der Waals surface area (Å²) >= 11 is 7.45. The first-order valence-electron chi connectivity index (χ1n) is 9.32. The van der Waals surface area contributed by atoms with Crippen LogP contribution in [-0.4, -0.2) is 19.0 Å². The van der Waals surface area contributed by atoms with E-state index >= 15 is 0 Å². The third-order valence-electron chi connectivity index (χ3n) is 4.49. The van der Waals surface area contributed by atoms with Crippen molar-refractivity contribution in [2.24, 2.45) is 5.90 Å². The highest BCUT2D eigenvalue weighted by Crippen LogP contribution is 2.26. The fraction of sp³-hybridized carbons (Fsp3) is 0. The van der Waals surface area contributed by atoms with Gasteiger partial charge in [-0.3, -0.25) is 9.36 Å². The number of benzene rings is 2. The number of aromatic nitrogens is 1. The maximum atomic E-state index is 13.0. The lowest BCUT2D eigenvalue weighted by Gasteiger charge is -2.10. The summed E-state index contributed by atoms with van der Waals surface area (Å²) < 4.78 is 32.7. The van der Waals surface area contributed by atoms with Gasteiger partial charge in [0, 0.05) is 27.9 Å². The molecule has 4 N–H and O–H groups in total. The molecular formula is C20H15ClN4O6S3. The number of anilines is 1. The molecule has 0 aliphatic carbocycles. The summed E-state index contributed by atoms with van der Waals surface area (Å²) in [6, 6.07) is 15.1. The smallest absolute Gasteiger partial charge is 0.307 e. The lowest BCUT2D eigenvalue weighted by Crippen LogP contribution is -2.33. The van der Waals surface area contributed by atoms with E-state index in [0.29, 0.717) is 21.7 Å². The summed E-state index contributed by atoms with van der Waals surface area (Å²) in [6.07, 6.45) is 1.63. The number of amides is 2. The molecule has 14 heteroatoms. The van der Waals surface area contributed by atoms with Crippen LogP contribution in [-0.2, 0) is 19.3 Å². The Labute approximate surface area is 206 Å². The quantitative estimate of drug-likeness (QED) is 0.182. The van der Waals surface area contributed by atoms with E-state index in [2.05, 4.69) is 14.6 Å². The number of carbonyl (C=O) groups is 1. The molecule has 0 spiro atoms. The van der Waals surface area contributed by atoms with E-state index in [9.17, 15) is 18.0 Å². The van der Waals surface area contributed by atoms with Gasteiger partial charge in [0.1, 0.15) is 4.21 Å². The van der Waals surface area contributed by atoms with Crippen molar-refractivity contribution in [2.75, 3.05) is 5.32 Å². The van der Waals surface area contributed by atoms with E-state index in [0.717, 1.165) is 28.8 Å². The number of hydrogen-bond acceptors (Lipinski definition) is 9. The second-order valence-corrected chi connectivity index (χ2v) is 11.1. The zero-order chi connectivity index (χ0) is 24.3. The first kappa shape index (κ1) is 24.2. The SMILES string of the molecule is NOOSc1ccc2ccn(-c3ccc(NC(=O)NS(=O)(=O)c4ccc(Cl)s4)cc3)c(=O)c2c1. The number of nitrogens with zero attached hydrogens (tertiary/aromatic N) is 1. The van der Waals surface area contributed by atoms with Crippen molar-refractivity contribution in [3.63, 3.8) is 0 Å². The maximum Gasteiger partial charge on any atom is 0.333 e. The molecule has 0 unspecified atom stereocenters. The summed E-state index contributed by atoms with van der Waals surface area (Å²) in [7, 11) is -4.04. The third kappa shape index (κ3) is 5.42. The molecule has 34 heavy (non-hydrogen) atoms. The van der Waals surface area contributed by atoms with Crippen LogP contribution in [0.5, 0.6) is 0 Å². The first-order chi connectivity index (χ1) is 16.3. The number of nitrogens with one attached hydrogen (secondary N) is 2. The normalized spacial score (nSPS) is 11.5. The van der Waals surface area contributed by atoms with Crippen LogP contribution in [0.4, 0.5) is 10.5 Å². The third-order valence-corrected chi connectivity index (χ3v) is 8.14. The molecule has 0 atom stereocenters. The van der Waals surface area contributed by atoms with Crippen LogP contribution in [0.2, 0.25) is 4.34 Å². The molecule has 0 radical (unpaired) electrons. The van der Waals surface area contributed by atoms with Crippen LogP contribution in [0.1, 0.15) is 0 Å². The monoisotopic (exact) mass is 538 g/mol. The average molecular weight is 539 g/mol. The van der Waals surface area contributed by atoms with Crippen LogP contribution >= 0.6 is 35.0 Å². The average Bonchev–Trinajstić information content (AvgIpc) is 3.26. The Morgan fingerprint density at radius 3 is 2.53 bits per heavy atom. The summed E-state index contributed by atoms with van der Waals surface area (Å²) in [5.41, 5.74) is 0.596. The van der Waals surface area contributed by atoms with E-state index in [-0.39, 0.29) is 14.1 Å². The highest BCUT2D eigenvalue weighted by Gasteiger charge is 2.19. The van der Waals surface area contributed by atoms with Gasteiger partial charge in [-0.1, -0.05) is 17.7 Å². The highest BCUT2D eigenvalue weighted by atomic mass is 35.5. The van der Waals surface area contributed by atoms with Gasteiger partial charge in [-0.15, -0.1) is 20.7 Å². The molecule has 0 fully saturated rings. The molecule has 2 aromatic carbocycles. The van der Waals surface area contributed by atoms with Crippen LogP contribution < -0.4 is 21.5 Å². The number of urea groups is 1. The molecule has 176 valence electrons. The van der Waals surface area contributed by atoms with Gasteiger partial charge in [0.25, 0.3) is 15.6 Å². The van der Waals surface area contributed by atoms with Gasteiger partial charge < -0.3 is 5.32 Å². The van der Waals surface area contributed by atoms with Gasteiger partial charge in [-0.2, -0.15) is 5.90 Å². The topological polar surface area (TPSA) is 142 Å². The van der Waals surface area contributed by atoms with Gasteiger partial charge in [-0.25, -0.2) is 17.9 Å². The molecule has 2 amide bonds. The molecule has 0 bridgehead atoms. The Bertz CT molecular complexity index is 1520. The second-order valence-electron chi connectivity index (χ2n) is 6.65. The number of nitrogens with two attached hydrogens (primary N) is 1. The van der Waals surface area contributed by atoms with Crippen molar-refractivity contribution >= 4 is 67.5 Å². The predicted molar refractivity (Wildman–Crippen MR) is 130 cm³/mol. The zero-order valence-electron chi connectivity index (χ0n) is 16.9. The Hall–Kier alpha value is -2.91. The molecule has 2 heterocycles. The highest BCUT2D eigenvalue weighted by molar-refractivity contribution is 7.94. The molecule has 0 saturated carbocycles. The van der Waals surface area contributed by atoms with Crippen molar-refractivity contribution in [1.82, 2.24) is 9.29 Å². The number of sulfonamides is 1. The second kappa shape index (κ2) is 10.1. The molecular weight excluding hydrogens is 524 g/mol. The van der Waals surface area contributed by atoms with Crippen LogP contribution in [0, 0.1) is 0 Å². The van der Waals surface area contributed by atoms with Crippen molar-refractivity contribution in [3.05, 3.63) is 81.6 Å². The lowest BCUT2D eigenvalue weighted by atomic mass is 10.1. The van der Waals surface area contributed by atoms with Gasteiger partial charge in [-0.05, 0) is 60.0 Å². The Morgan fingerprint density at radius 2 is 1.85 bits per heavy atom. The minimum Gasteiger partial charge on any atom is -0.307 e. The predicted octanol–water partition coefficient (Wildman–Crippen LogP) is 4.05. The van der Waals surface area contributed by atoms with E-state index in [4.69, 9.17) is 17.5 Å². The summed E-state index contributed by atoms with van der Waals surface area (Å²) in [4.78, 5) is 29.9. The van der Waals surface area contributed by atoms with E-state index in [1.54, 1.807) is 54.7 Å². The van der Waals surface area contributed by atoms with Gasteiger partial charge >= 0.3 is 6.03 Å². The van der Waals surface area contributed by atoms with Crippen molar-refractivity contribution in [3.8, 4) is 5.69 Å². The van der Waals surface area contributed by atoms with Crippen LogP contribution in [0.15, 0.2) is 80.8 Å². The molecule has 2 aromatic heterocycles. The standard InChI is InChI=1S/C20H15ClN4O6S3/c21-17-7-8-18(32-17)34(28,29)24-20(27)23-13-2-4-14(5-3-13)25-10-9-12-1-6-15(33-31-30-22)11-16(12)19(25)26/h1-11H,22H2,(H2,23,24,27). The lowest BCUT2D eigenvalue weighted by molar-refractivity contribution is -0.195. The molecule has 4 aromatic rings. The van der Waals surface area contributed by atoms with Gasteiger partial charge in [0.05, 0.1) is 16.4 Å². The van der Waals surface area contributed by atoms with Crippen LogP contribution in [0.3, 0.4) is 0 Å². The number of pyridine rings is 1.